The van der Waals surface area contributed by atoms with E-state index in [1.807, 2.05) is 13.8 Å². The van der Waals surface area contributed by atoms with E-state index in [-0.39, 0.29) is 17.6 Å². The predicted molar refractivity (Wildman–Crippen MR) is 83.7 cm³/mol. The van der Waals surface area contributed by atoms with Crippen molar-refractivity contribution in [2.75, 3.05) is 11.9 Å². The van der Waals surface area contributed by atoms with Gasteiger partial charge in [0.15, 0.2) is 5.76 Å². The van der Waals surface area contributed by atoms with Gasteiger partial charge in [0.05, 0.1) is 6.26 Å². The smallest absolute Gasteiger partial charge is 0.291 e. The highest BCUT2D eigenvalue weighted by Gasteiger charge is 2.19. The van der Waals surface area contributed by atoms with Gasteiger partial charge in [0.1, 0.15) is 0 Å². The number of anilines is 1. The van der Waals surface area contributed by atoms with Crippen LogP contribution >= 0.6 is 0 Å². The maximum absolute atomic E-state index is 12.2. The molecule has 0 unspecified atom stereocenters. The lowest BCUT2D eigenvalue weighted by Crippen LogP contribution is -2.48. The van der Waals surface area contributed by atoms with E-state index in [1.165, 1.54) is 6.26 Å². The number of benzene rings is 1. The summed E-state index contributed by atoms with van der Waals surface area (Å²) in [5.74, 6) is -0.409. The minimum Gasteiger partial charge on any atom is -0.459 e. The van der Waals surface area contributed by atoms with E-state index < -0.39 is 5.54 Å². The summed E-state index contributed by atoms with van der Waals surface area (Å²) in [5, 5.41) is 5.51. The van der Waals surface area contributed by atoms with Crippen LogP contribution in [0, 0.1) is 0 Å². The second-order valence-corrected chi connectivity index (χ2v) is 5.55. The highest BCUT2D eigenvalue weighted by atomic mass is 16.3. The summed E-state index contributed by atoms with van der Waals surface area (Å²) in [6, 6.07) is 9.87. The van der Waals surface area contributed by atoms with E-state index in [9.17, 15) is 9.59 Å². The Kier molecular flexibility index (Phi) is 4.62. The highest BCUT2D eigenvalue weighted by molar-refractivity contribution is 6.03. The number of hydrogen-bond donors (Lipinski definition) is 3. The average molecular weight is 301 g/mol. The summed E-state index contributed by atoms with van der Waals surface area (Å²) in [5.41, 5.74) is 6.06. The molecule has 0 spiro atoms. The van der Waals surface area contributed by atoms with Crippen molar-refractivity contribution in [1.82, 2.24) is 5.32 Å². The van der Waals surface area contributed by atoms with Crippen molar-refractivity contribution in [1.29, 1.82) is 0 Å². The quantitative estimate of drug-likeness (QED) is 0.786. The molecule has 0 saturated carbocycles. The van der Waals surface area contributed by atoms with Crippen molar-refractivity contribution in [3.63, 3.8) is 0 Å². The zero-order chi connectivity index (χ0) is 16.2. The lowest BCUT2D eigenvalue weighted by atomic mass is 10.1. The first kappa shape index (κ1) is 15.8. The SMILES string of the molecule is CC(C)(CN)NC(=O)c1cccc(NC(=O)c2ccco2)c1. The van der Waals surface area contributed by atoms with Gasteiger partial charge in [0.25, 0.3) is 11.8 Å². The van der Waals surface area contributed by atoms with Crippen LogP contribution < -0.4 is 16.4 Å². The molecule has 22 heavy (non-hydrogen) atoms. The van der Waals surface area contributed by atoms with Crippen molar-refractivity contribution in [2.24, 2.45) is 5.73 Å². The average Bonchev–Trinajstić information content (AvgIpc) is 3.01. The summed E-state index contributed by atoms with van der Waals surface area (Å²) in [7, 11) is 0. The molecule has 0 aliphatic rings. The molecule has 2 aromatic rings. The first-order valence-corrected chi connectivity index (χ1v) is 6.89. The van der Waals surface area contributed by atoms with E-state index >= 15 is 0 Å². The molecule has 0 aliphatic heterocycles. The third kappa shape index (κ3) is 3.95. The van der Waals surface area contributed by atoms with Crippen molar-refractivity contribution in [3.05, 3.63) is 54.0 Å². The number of nitrogens with one attached hydrogen (secondary N) is 2. The number of furan rings is 1. The van der Waals surface area contributed by atoms with Crippen LogP contribution in [0.25, 0.3) is 0 Å². The Hall–Kier alpha value is -2.60. The number of hydrogen-bond acceptors (Lipinski definition) is 4. The molecular weight excluding hydrogens is 282 g/mol. The van der Waals surface area contributed by atoms with E-state index in [4.69, 9.17) is 10.2 Å². The molecule has 6 heteroatoms. The summed E-state index contributed by atoms with van der Waals surface area (Å²) in [6.07, 6.45) is 1.42. The molecule has 6 nitrogen and oxygen atoms in total. The van der Waals surface area contributed by atoms with E-state index in [0.717, 1.165) is 0 Å². The van der Waals surface area contributed by atoms with Crippen LogP contribution in [-0.2, 0) is 0 Å². The minimum atomic E-state index is -0.496. The Labute approximate surface area is 128 Å². The zero-order valence-corrected chi connectivity index (χ0v) is 12.6. The van der Waals surface area contributed by atoms with Crippen LogP contribution in [0.1, 0.15) is 34.8 Å². The van der Waals surface area contributed by atoms with Gasteiger partial charge in [-0.2, -0.15) is 0 Å². The van der Waals surface area contributed by atoms with Crippen LogP contribution in [0.2, 0.25) is 0 Å². The topological polar surface area (TPSA) is 97.4 Å². The third-order valence-corrected chi connectivity index (χ3v) is 3.09. The largest absolute Gasteiger partial charge is 0.459 e. The van der Waals surface area contributed by atoms with Gasteiger partial charge in [-0.15, -0.1) is 0 Å². The molecule has 0 atom stereocenters. The fourth-order valence-electron chi connectivity index (χ4n) is 1.77. The predicted octanol–water partition coefficient (Wildman–Crippen LogP) is 2.00. The van der Waals surface area contributed by atoms with Gasteiger partial charge >= 0.3 is 0 Å². The van der Waals surface area contributed by atoms with Crippen LogP contribution in [0.3, 0.4) is 0 Å². The van der Waals surface area contributed by atoms with E-state index in [2.05, 4.69) is 10.6 Å². The van der Waals surface area contributed by atoms with Gasteiger partial charge in [-0.3, -0.25) is 9.59 Å². The van der Waals surface area contributed by atoms with Gasteiger partial charge in [-0.05, 0) is 44.2 Å². The van der Waals surface area contributed by atoms with Gasteiger partial charge < -0.3 is 20.8 Å². The Morgan fingerprint density at radius 2 is 1.95 bits per heavy atom. The van der Waals surface area contributed by atoms with Gasteiger partial charge in [0, 0.05) is 23.3 Å². The Morgan fingerprint density at radius 3 is 2.59 bits per heavy atom. The lowest BCUT2D eigenvalue weighted by Gasteiger charge is -2.24. The first-order valence-electron chi connectivity index (χ1n) is 6.89. The molecule has 2 amide bonds. The molecule has 0 fully saturated rings. The second kappa shape index (κ2) is 6.44. The van der Waals surface area contributed by atoms with Crippen LogP contribution in [0.4, 0.5) is 5.69 Å². The molecule has 116 valence electrons. The molecule has 4 N–H and O–H groups in total. The number of carbonyl (C=O) groups excluding carboxylic acids is 2. The Morgan fingerprint density at radius 1 is 1.18 bits per heavy atom. The molecule has 0 bridgehead atoms. The molecule has 1 heterocycles. The monoisotopic (exact) mass is 301 g/mol. The van der Waals surface area contributed by atoms with Crippen LogP contribution in [-0.4, -0.2) is 23.9 Å². The fourth-order valence-corrected chi connectivity index (χ4v) is 1.77. The molecule has 2 rings (SSSR count). The van der Waals surface area contributed by atoms with E-state index in [1.54, 1.807) is 36.4 Å². The highest BCUT2D eigenvalue weighted by Crippen LogP contribution is 2.13. The van der Waals surface area contributed by atoms with Crippen LogP contribution in [0.5, 0.6) is 0 Å². The summed E-state index contributed by atoms with van der Waals surface area (Å²) >= 11 is 0. The minimum absolute atomic E-state index is 0.208. The zero-order valence-electron chi connectivity index (χ0n) is 12.6. The van der Waals surface area contributed by atoms with Crippen molar-refractivity contribution >= 4 is 17.5 Å². The third-order valence-electron chi connectivity index (χ3n) is 3.09. The van der Waals surface area contributed by atoms with Crippen LogP contribution in [0.15, 0.2) is 47.1 Å². The maximum Gasteiger partial charge on any atom is 0.291 e. The molecule has 0 aliphatic carbocycles. The lowest BCUT2D eigenvalue weighted by molar-refractivity contribution is 0.0914. The van der Waals surface area contributed by atoms with Crippen molar-refractivity contribution in [3.8, 4) is 0 Å². The number of amides is 2. The summed E-state index contributed by atoms with van der Waals surface area (Å²) < 4.78 is 5.02. The number of rotatable bonds is 5. The Balaban J connectivity index is 2.10. The summed E-state index contributed by atoms with van der Waals surface area (Å²) in [6.45, 7) is 4.01. The normalized spacial score (nSPS) is 11.0. The van der Waals surface area contributed by atoms with Crippen molar-refractivity contribution < 1.29 is 14.0 Å². The first-order chi connectivity index (χ1) is 10.4. The molecular formula is C16H19N3O3. The molecule has 0 saturated heterocycles. The van der Waals surface area contributed by atoms with Gasteiger partial charge in [-0.25, -0.2) is 0 Å². The maximum atomic E-state index is 12.2. The van der Waals surface area contributed by atoms with Gasteiger partial charge in [-0.1, -0.05) is 6.07 Å². The van der Waals surface area contributed by atoms with Gasteiger partial charge in [0.2, 0.25) is 0 Å². The Bertz CT molecular complexity index is 663. The van der Waals surface area contributed by atoms with Crippen molar-refractivity contribution in [2.45, 2.75) is 19.4 Å². The molecule has 1 aromatic heterocycles. The number of carbonyl (C=O) groups is 2. The summed E-state index contributed by atoms with van der Waals surface area (Å²) in [4.78, 5) is 24.1. The second-order valence-electron chi connectivity index (χ2n) is 5.55. The van der Waals surface area contributed by atoms with E-state index in [0.29, 0.717) is 17.8 Å². The molecule has 0 radical (unpaired) electrons. The fraction of sp³-hybridized carbons (Fsp3) is 0.250. The number of nitrogens with two attached hydrogens (primary N) is 1. The standard InChI is InChI=1S/C16H19N3O3/c1-16(2,10-17)19-14(20)11-5-3-6-12(9-11)18-15(21)13-7-4-8-22-13/h3-9H,10,17H2,1-2H3,(H,18,21)(H,19,20). The molecule has 1 aromatic carbocycles.